The average Bonchev–Trinajstić information content (AvgIpc) is 2.37. The highest BCUT2D eigenvalue weighted by Crippen LogP contribution is 2.30. The molecule has 4 heteroatoms. The zero-order valence-electron chi connectivity index (χ0n) is 13.1. The van der Waals surface area contributed by atoms with Crippen molar-refractivity contribution in [3.8, 4) is 0 Å². The van der Waals surface area contributed by atoms with E-state index in [0.717, 1.165) is 5.56 Å². The molecule has 0 fully saturated rings. The van der Waals surface area contributed by atoms with Crippen LogP contribution in [-0.4, -0.2) is 18.9 Å². The molecule has 114 valence electrons. The summed E-state index contributed by atoms with van der Waals surface area (Å²) in [4.78, 5) is 0. The Hall–Kier alpha value is -0.870. The van der Waals surface area contributed by atoms with Gasteiger partial charge in [-0.05, 0) is 24.3 Å². The number of rotatable bonds is 6. The molecule has 1 aromatic carbocycles. The summed E-state index contributed by atoms with van der Waals surface area (Å²) in [7, 11) is -3.27. The molecule has 0 radical (unpaired) electrons. The quantitative estimate of drug-likeness (QED) is 0.877. The van der Waals surface area contributed by atoms with E-state index >= 15 is 0 Å². The Morgan fingerprint density at radius 2 is 1.40 bits per heavy atom. The normalized spacial score (nSPS) is 17.2. The molecule has 0 amide bonds. The first-order chi connectivity index (χ1) is 9.19. The van der Waals surface area contributed by atoms with Crippen molar-refractivity contribution in [1.82, 2.24) is 0 Å². The highest BCUT2D eigenvalue weighted by molar-refractivity contribution is 7.92. The molecule has 0 bridgehead atoms. The van der Waals surface area contributed by atoms with Crippen molar-refractivity contribution in [2.75, 3.05) is 0 Å². The van der Waals surface area contributed by atoms with E-state index in [-0.39, 0.29) is 17.1 Å². The zero-order valence-corrected chi connectivity index (χ0v) is 13.9. The van der Waals surface area contributed by atoms with E-state index in [4.69, 9.17) is 5.73 Å². The van der Waals surface area contributed by atoms with Crippen molar-refractivity contribution < 1.29 is 8.42 Å². The van der Waals surface area contributed by atoms with Gasteiger partial charge in [0.15, 0.2) is 9.84 Å². The molecular formula is C16H27NO2S. The predicted molar refractivity (Wildman–Crippen MR) is 85.2 cm³/mol. The van der Waals surface area contributed by atoms with E-state index in [2.05, 4.69) is 0 Å². The molecule has 0 aliphatic heterocycles. The standard InChI is InChI=1S/C16H27NO2S/c1-11(2)13(5)20(18,19)16(12(3)4)15(17)14-9-7-6-8-10-14/h6-13,15-16H,17H2,1-5H3. The summed E-state index contributed by atoms with van der Waals surface area (Å²) in [6, 6.07) is 9.01. The van der Waals surface area contributed by atoms with E-state index in [0.29, 0.717) is 0 Å². The minimum Gasteiger partial charge on any atom is -0.323 e. The Morgan fingerprint density at radius 3 is 1.80 bits per heavy atom. The second kappa shape index (κ2) is 6.72. The highest BCUT2D eigenvalue weighted by atomic mass is 32.2. The molecule has 0 aliphatic rings. The fourth-order valence-electron chi connectivity index (χ4n) is 2.49. The third-order valence-electron chi connectivity index (χ3n) is 4.03. The summed E-state index contributed by atoms with van der Waals surface area (Å²) in [5, 5.41) is -0.938. The maximum absolute atomic E-state index is 12.8. The predicted octanol–water partition coefficient (Wildman–Crippen LogP) is 3.17. The lowest BCUT2D eigenvalue weighted by atomic mass is 9.97. The minimum atomic E-state index is -3.27. The van der Waals surface area contributed by atoms with Crippen LogP contribution in [0.15, 0.2) is 30.3 Å². The zero-order chi connectivity index (χ0) is 15.5. The van der Waals surface area contributed by atoms with Crippen LogP contribution in [-0.2, 0) is 9.84 Å². The molecule has 3 atom stereocenters. The van der Waals surface area contributed by atoms with Crippen molar-refractivity contribution >= 4 is 9.84 Å². The summed E-state index contributed by atoms with van der Waals surface area (Å²) < 4.78 is 25.7. The Bertz CT molecular complexity index is 509. The third-order valence-corrected chi connectivity index (χ3v) is 7.21. The van der Waals surface area contributed by atoms with Crippen LogP contribution >= 0.6 is 0 Å². The van der Waals surface area contributed by atoms with Crippen LogP contribution in [0.25, 0.3) is 0 Å². The molecular weight excluding hydrogens is 270 g/mol. The van der Waals surface area contributed by atoms with Gasteiger partial charge < -0.3 is 5.73 Å². The lowest BCUT2D eigenvalue weighted by Crippen LogP contribution is -2.43. The van der Waals surface area contributed by atoms with E-state index in [1.54, 1.807) is 6.92 Å². The molecule has 0 spiro atoms. The van der Waals surface area contributed by atoms with Crippen LogP contribution in [0.4, 0.5) is 0 Å². The maximum Gasteiger partial charge on any atom is 0.158 e. The molecule has 0 saturated carbocycles. The summed E-state index contributed by atoms with van der Waals surface area (Å²) in [5.74, 6) is 0.0700. The van der Waals surface area contributed by atoms with Gasteiger partial charge in [-0.3, -0.25) is 0 Å². The molecule has 2 N–H and O–H groups in total. The fraction of sp³-hybridized carbons (Fsp3) is 0.625. The SMILES string of the molecule is CC(C)C(C)S(=O)(=O)C(C(C)C)C(N)c1ccccc1. The first-order valence-electron chi connectivity index (χ1n) is 7.22. The van der Waals surface area contributed by atoms with E-state index in [1.165, 1.54) is 0 Å². The van der Waals surface area contributed by atoms with Crippen LogP contribution < -0.4 is 5.73 Å². The third kappa shape index (κ3) is 3.61. The number of sulfone groups is 1. The van der Waals surface area contributed by atoms with Gasteiger partial charge in [-0.1, -0.05) is 58.0 Å². The number of hydrogen-bond acceptors (Lipinski definition) is 3. The average molecular weight is 297 g/mol. The van der Waals surface area contributed by atoms with Gasteiger partial charge in [-0.15, -0.1) is 0 Å². The molecule has 0 heterocycles. The monoisotopic (exact) mass is 297 g/mol. The second-order valence-corrected chi connectivity index (χ2v) is 8.65. The minimum absolute atomic E-state index is 0.0172. The van der Waals surface area contributed by atoms with Gasteiger partial charge in [0.25, 0.3) is 0 Å². The van der Waals surface area contributed by atoms with Crippen LogP contribution in [0.2, 0.25) is 0 Å². The van der Waals surface area contributed by atoms with E-state index in [9.17, 15) is 8.42 Å². The summed E-state index contributed by atoms with van der Waals surface area (Å²) in [5.41, 5.74) is 7.17. The van der Waals surface area contributed by atoms with Crippen molar-refractivity contribution in [3.05, 3.63) is 35.9 Å². The van der Waals surface area contributed by atoms with Gasteiger partial charge in [0.05, 0.1) is 10.5 Å². The van der Waals surface area contributed by atoms with Gasteiger partial charge in [-0.25, -0.2) is 8.42 Å². The summed E-state index contributed by atoms with van der Waals surface area (Å²) in [6.07, 6.45) is 0. The van der Waals surface area contributed by atoms with Gasteiger partial charge >= 0.3 is 0 Å². The maximum atomic E-state index is 12.8. The van der Waals surface area contributed by atoms with E-state index < -0.39 is 21.1 Å². The molecule has 20 heavy (non-hydrogen) atoms. The molecule has 1 rings (SSSR count). The number of hydrogen-bond donors (Lipinski definition) is 1. The van der Waals surface area contributed by atoms with Crippen LogP contribution in [0.1, 0.15) is 46.2 Å². The molecule has 0 saturated heterocycles. The fourth-order valence-corrected chi connectivity index (χ4v) is 5.07. The van der Waals surface area contributed by atoms with Gasteiger partial charge in [0.2, 0.25) is 0 Å². The van der Waals surface area contributed by atoms with Gasteiger partial charge in [0, 0.05) is 6.04 Å². The molecule has 3 nitrogen and oxygen atoms in total. The summed E-state index contributed by atoms with van der Waals surface area (Å²) >= 11 is 0. The largest absolute Gasteiger partial charge is 0.323 e. The van der Waals surface area contributed by atoms with E-state index in [1.807, 2.05) is 58.0 Å². The van der Waals surface area contributed by atoms with Crippen molar-refractivity contribution in [2.45, 2.75) is 51.2 Å². The molecule has 0 aromatic heterocycles. The summed E-state index contributed by atoms with van der Waals surface area (Å²) in [6.45, 7) is 9.52. The van der Waals surface area contributed by atoms with Crippen LogP contribution in [0, 0.1) is 11.8 Å². The van der Waals surface area contributed by atoms with Crippen molar-refractivity contribution in [2.24, 2.45) is 17.6 Å². The van der Waals surface area contributed by atoms with Gasteiger partial charge in [-0.2, -0.15) is 0 Å². The molecule has 3 unspecified atom stereocenters. The van der Waals surface area contributed by atoms with Gasteiger partial charge in [0.1, 0.15) is 0 Å². The lowest BCUT2D eigenvalue weighted by molar-refractivity contribution is 0.463. The Balaban J connectivity index is 3.19. The Morgan fingerprint density at radius 1 is 0.900 bits per heavy atom. The first kappa shape index (κ1) is 17.2. The van der Waals surface area contributed by atoms with Crippen LogP contribution in [0.5, 0.6) is 0 Å². The Labute approximate surface area is 123 Å². The Kier molecular flexibility index (Phi) is 5.78. The number of nitrogens with two attached hydrogens (primary N) is 1. The molecule has 1 aromatic rings. The second-order valence-electron chi connectivity index (χ2n) is 6.18. The van der Waals surface area contributed by atoms with Crippen molar-refractivity contribution in [1.29, 1.82) is 0 Å². The van der Waals surface area contributed by atoms with Crippen molar-refractivity contribution in [3.63, 3.8) is 0 Å². The lowest BCUT2D eigenvalue weighted by Gasteiger charge is -2.31. The molecule has 0 aliphatic carbocycles. The van der Waals surface area contributed by atoms with Crippen LogP contribution in [0.3, 0.4) is 0 Å². The number of benzene rings is 1. The topological polar surface area (TPSA) is 60.2 Å². The first-order valence-corrected chi connectivity index (χ1v) is 8.83. The highest BCUT2D eigenvalue weighted by Gasteiger charge is 2.39. The smallest absolute Gasteiger partial charge is 0.158 e.